The van der Waals surface area contributed by atoms with Gasteiger partial charge in [-0.05, 0) is 13.8 Å². The summed E-state index contributed by atoms with van der Waals surface area (Å²) in [7, 11) is 1.28. The highest BCUT2D eigenvalue weighted by Gasteiger charge is 2.09. The van der Waals surface area contributed by atoms with E-state index in [1.54, 1.807) is 4.90 Å². The van der Waals surface area contributed by atoms with Crippen molar-refractivity contribution in [2.45, 2.75) is 13.8 Å². The number of methoxy groups -OCH3 is 1. The summed E-state index contributed by atoms with van der Waals surface area (Å²) in [5, 5.41) is 2.45. The predicted octanol–water partition coefficient (Wildman–Crippen LogP) is 0.211. The van der Waals surface area contributed by atoms with Crippen molar-refractivity contribution in [2.24, 2.45) is 0 Å². The van der Waals surface area contributed by atoms with Gasteiger partial charge in [-0.15, -0.1) is 0 Å². The summed E-state index contributed by atoms with van der Waals surface area (Å²) in [6.45, 7) is 4.93. The van der Waals surface area contributed by atoms with E-state index >= 15 is 0 Å². The number of carbonyl (C=O) groups excluding carboxylic acids is 2. The van der Waals surface area contributed by atoms with Crippen LogP contribution in [0.1, 0.15) is 13.8 Å². The fourth-order valence-electron chi connectivity index (χ4n) is 0.843. The molecule has 0 spiro atoms. The summed E-state index contributed by atoms with van der Waals surface area (Å²) in [6.07, 6.45) is 0. The Balaban J connectivity index is 3.79. The number of esters is 1. The van der Waals surface area contributed by atoms with Gasteiger partial charge in [-0.1, -0.05) is 0 Å². The van der Waals surface area contributed by atoms with Gasteiger partial charge in [0.2, 0.25) is 0 Å². The number of amides is 2. The Labute approximate surface area is 78.0 Å². The average molecular weight is 188 g/mol. The minimum atomic E-state index is -0.444. The number of nitrogens with one attached hydrogen (secondary N) is 1. The van der Waals surface area contributed by atoms with E-state index in [0.29, 0.717) is 13.1 Å². The normalized spacial score (nSPS) is 9.15. The van der Waals surface area contributed by atoms with E-state index in [0.717, 1.165) is 0 Å². The zero-order chi connectivity index (χ0) is 10.3. The Morgan fingerprint density at radius 3 is 2.23 bits per heavy atom. The number of hydrogen-bond acceptors (Lipinski definition) is 3. The molecule has 13 heavy (non-hydrogen) atoms. The van der Waals surface area contributed by atoms with Crippen LogP contribution in [0.5, 0.6) is 0 Å². The third kappa shape index (κ3) is 4.35. The van der Waals surface area contributed by atoms with Crippen molar-refractivity contribution in [1.82, 2.24) is 10.2 Å². The van der Waals surface area contributed by atoms with Crippen molar-refractivity contribution in [2.75, 3.05) is 26.7 Å². The van der Waals surface area contributed by atoms with E-state index in [4.69, 9.17) is 0 Å². The van der Waals surface area contributed by atoms with E-state index in [2.05, 4.69) is 10.1 Å². The summed E-state index contributed by atoms with van der Waals surface area (Å²) in [4.78, 5) is 23.5. The largest absolute Gasteiger partial charge is 0.468 e. The molecule has 0 saturated carbocycles. The molecular weight excluding hydrogens is 172 g/mol. The quantitative estimate of drug-likeness (QED) is 0.642. The highest BCUT2D eigenvalue weighted by atomic mass is 16.5. The Bertz CT molecular complexity index is 178. The molecule has 0 saturated heterocycles. The first-order valence-electron chi connectivity index (χ1n) is 4.25. The molecular formula is C8H16N2O3. The van der Waals surface area contributed by atoms with Gasteiger partial charge in [-0.2, -0.15) is 0 Å². The Morgan fingerprint density at radius 1 is 1.31 bits per heavy atom. The SMILES string of the molecule is CCN(CC)C(=O)NCC(=O)OC. The van der Waals surface area contributed by atoms with Crippen molar-refractivity contribution in [1.29, 1.82) is 0 Å². The van der Waals surface area contributed by atoms with Gasteiger partial charge in [0.1, 0.15) is 6.54 Å². The molecule has 0 aliphatic heterocycles. The van der Waals surface area contributed by atoms with Gasteiger partial charge in [0.15, 0.2) is 0 Å². The third-order valence-corrected chi connectivity index (χ3v) is 1.66. The number of nitrogens with zero attached hydrogens (tertiary/aromatic N) is 1. The van der Waals surface area contributed by atoms with Crippen LogP contribution in [0, 0.1) is 0 Å². The second-order valence-electron chi connectivity index (χ2n) is 2.41. The number of ether oxygens (including phenoxy) is 1. The molecule has 0 bridgehead atoms. The lowest BCUT2D eigenvalue weighted by Crippen LogP contribution is -2.41. The zero-order valence-electron chi connectivity index (χ0n) is 8.29. The lowest BCUT2D eigenvalue weighted by atomic mass is 10.5. The highest BCUT2D eigenvalue weighted by molar-refractivity contribution is 5.80. The summed E-state index contributed by atoms with van der Waals surface area (Å²) in [5.41, 5.74) is 0. The minimum absolute atomic E-state index is 0.0775. The zero-order valence-corrected chi connectivity index (χ0v) is 8.29. The Morgan fingerprint density at radius 2 is 1.85 bits per heavy atom. The second-order valence-corrected chi connectivity index (χ2v) is 2.41. The summed E-state index contributed by atoms with van der Waals surface area (Å²) < 4.78 is 4.38. The predicted molar refractivity (Wildman–Crippen MR) is 48.3 cm³/mol. The number of rotatable bonds is 4. The maximum Gasteiger partial charge on any atom is 0.325 e. The summed E-state index contributed by atoms with van der Waals surface area (Å²) in [5.74, 6) is -0.444. The topological polar surface area (TPSA) is 58.6 Å². The van der Waals surface area contributed by atoms with Gasteiger partial charge in [0, 0.05) is 13.1 Å². The fourth-order valence-corrected chi connectivity index (χ4v) is 0.843. The van der Waals surface area contributed by atoms with E-state index in [9.17, 15) is 9.59 Å². The molecule has 5 nitrogen and oxygen atoms in total. The van der Waals surface area contributed by atoms with Crippen molar-refractivity contribution in [3.05, 3.63) is 0 Å². The molecule has 2 amide bonds. The first-order valence-corrected chi connectivity index (χ1v) is 4.25. The number of carbonyl (C=O) groups is 2. The highest BCUT2D eigenvalue weighted by Crippen LogP contribution is 1.87. The molecule has 0 aromatic heterocycles. The first-order chi connectivity index (χ1) is 6.15. The van der Waals surface area contributed by atoms with Gasteiger partial charge in [-0.25, -0.2) is 4.79 Å². The molecule has 0 radical (unpaired) electrons. The van der Waals surface area contributed by atoms with Crippen molar-refractivity contribution in [3.8, 4) is 0 Å². The van der Waals surface area contributed by atoms with Crippen LogP contribution in [0.4, 0.5) is 4.79 Å². The summed E-state index contributed by atoms with van der Waals surface area (Å²) >= 11 is 0. The molecule has 0 fully saturated rings. The molecule has 0 heterocycles. The minimum Gasteiger partial charge on any atom is -0.468 e. The molecule has 1 N–H and O–H groups in total. The van der Waals surface area contributed by atoms with Crippen LogP contribution in [-0.4, -0.2) is 43.6 Å². The van der Waals surface area contributed by atoms with Crippen LogP contribution < -0.4 is 5.32 Å². The second kappa shape index (κ2) is 6.28. The van der Waals surface area contributed by atoms with Gasteiger partial charge in [0.25, 0.3) is 0 Å². The first kappa shape index (κ1) is 11.7. The molecule has 0 atom stereocenters. The summed E-state index contributed by atoms with van der Waals surface area (Å²) in [6, 6.07) is -0.240. The number of hydrogen-bond donors (Lipinski definition) is 1. The molecule has 76 valence electrons. The maximum atomic E-state index is 11.2. The molecule has 5 heteroatoms. The van der Waals surface area contributed by atoms with Crippen LogP contribution in [-0.2, 0) is 9.53 Å². The van der Waals surface area contributed by atoms with E-state index in [-0.39, 0.29) is 12.6 Å². The molecule has 0 aromatic carbocycles. The van der Waals surface area contributed by atoms with Crippen LogP contribution in [0.25, 0.3) is 0 Å². The fraction of sp³-hybridized carbons (Fsp3) is 0.750. The van der Waals surface area contributed by atoms with Crippen molar-refractivity contribution in [3.63, 3.8) is 0 Å². The molecule has 0 aromatic rings. The van der Waals surface area contributed by atoms with Gasteiger partial charge < -0.3 is 15.0 Å². The van der Waals surface area contributed by atoms with Crippen LogP contribution >= 0.6 is 0 Å². The smallest absolute Gasteiger partial charge is 0.325 e. The van der Waals surface area contributed by atoms with Crippen LogP contribution in [0.3, 0.4) is 0 Å². The monoisotopic (exact) mass is 188 g/mol. The average Bonchev–Trinajstić information content (AvgIpc) is 2.16. The van der Waals surface area contributed by atoms with E-state index in [1.165, 1.54) is 7.11 Å². The van der Waals surface area contributed by atoms with Crippen molar-refractivity contribution >= 4 is 12.0 Å². The molecule has 0 aliphatic rings. The van der Waals surface area contributed by atoms with Gasteiger partial charge in [0.05, 0.1) is 7.11 Å². The molecule has 0 unspecified atom stereocenters. The number of urea groups is 1. The Hall–Kier alpha value is -1.26. The lowest BCUT2D eigenvalue weighted by molar-refractivity contribution is -0.139. The standard InChI is InChI=1S/C8H16N2O3/c1-4-10(5-2)8(12)9-6-7(11)13-3/h4-6H2,1-3H3,(H,9,12). The van der Waals surface area contributed by atoms with Crippen molar-refractivity contribution < 1.29 is 14.3 Å². The van der Waals surface area contributed by atoms with Crippen LogP contribution in [0.15, 0.2) is 0 Å². The molecule has 0 rings (SSSR count). The van der Waals surface area contributed by atoms with Gasteiger partial charge in [-0.3, -0.25) is 4.79 Å². The van der Waals surface area contributed by atoms with Crippen LogP contribution in [0.2, 0.25) is 0 Å². The third-order valence-electron chi connectivity index (χ3n) is 1.66. The van der Waals surface area contributed by atoms with E-state index < -0.39 is 5.97 Å². The Kier molecular flexibility index (Phi) is 5.67. The molecule has 0 aliphatic carbocycles. The van der Waals surface area contributed by atoms with E-state index in [1.807, 2.05) is 13.8 Å². The maximum absolute atomic E-state index is 11.2. The lowest BCUT2D eigenvalue weighted by Gasteiger charge is -2.18. The van der Waals surface area contributed by atoms with Gasteiger partial charge >= 0.3 is 12.0 Å².